The fourth-order valence-corrected chi connectivity index (χ4v) is 0.936. The number of H-pyrrole nitrogens is 1. The summed E-state index contributed by atoms with van der Waals surface area (Å²) in [6.45, 7) is 0. The number of hydrogen-bond acceptors (Lipinski definition) is 4. The van der Waals surface area contributed by atoms with Crippen molar-refractivity contribution in [2.45, 2.75) is 0 Å². The third kappa shape index (κ3) is 1.12. The number of nitrogens with two attached hydrogens (primary N) is 1. The van der Waals surface area contributed by atoms with E-state index in [-0.39, 0.29) is 0 Å². The van der Waals surface area contributed by atoms with Gasteiger partial charge in [0.2, 0.25) is 0 Å². The van der Waals surface area contributed by atoms with E-state index in [1.807, 2.05) is 0 Å². The van der Waals surface area contributed by atoms with E-state index >= 15 is 0 Å². The number of aromatic amines is 1. The van der Waals surface area contributed by atoms with E-state index in [4.69, 9.17) is 5.73 Å². The van der Waals surface area contributed by atoms with Gasteiger partial charge in [-0.15, -0.1) is 5.10 Å². The van der Waals surface area contributed by atoms with Gasteiger partial charge in [-0.1, -0.05) is 0 Å². The summed E-state index contributed by atoms with van der Waals surface area (Å²) in [6.07, 6.45) is 5.02. The van der Waals surface area contributed by atoms with Crippen molar-refractivity contribution in [3.8, 4) is 11.4 Å². The van der Waals surface area contributed by atoms with Crippen LogP contribution in [0.25, 0.3) is 11.4 Å². The van der Waals surface area contributed by atoms with Crippen molar-refractivity contribution in [2.24, 2.45) is 0 Å². The molecule has 2 rings (SSSR count). The Morgan fingerprint density at radius 1 is 1.42 bits per heavy atom. The molecule has 0 atom stereocenters. The topological polar surface area (TPSA) is 80.5 Å². The summed E-state index contributed by atoms with van der Waals surface area (Å²) in [5, 5.41) is 7.34. The number of aromatic nitrogens is 4. The molecule has 0 aliphatic carbocycles. The van der Waals surface area contributed by atoms with Crippen molar-refractivity contribution >= 4 is 5.82 Å². The Labute approximate surface area is 68.7 Å². The first-order valence-corrected chi connectivity index (χ1v) is 3.44. The van der Waals surface area contributed by atoms with Gasteiger partial charge in [-0.2, -0.15) is 5.10 Å². The Hall–Kier alpha value is -1.91. The quantitative estimate of drug-likeness (QED) is 0.636. The summed E-state index contributed by atoms with van der Waals surface area (Å²) in [5.74, 6) is 1.14. The van der Waals surface area contributed by atoms with Gasteiger partial charge in [0.05, 0.1) is 6.20 Å². The van der Waals surface area contributed by atoms with Crippen LogP contribution in [0, 0.1) is 0 Å². The molecule has 60 valence electrons. The van der Waals surface area contributed by atoms with E-state index in [0.29, 0.717) is 5.82 Å². The fraction of sp³-hybridized carbons (Fsp3) is 0. The first-order chi connectivity index (χ1) is 5.86. The number of rotatable bonds is 1. The smallest absolute Gasteiger partial charge is 0.146 e. The number of nitrogens with zero attached hydrogens (tertiary/aromatic N) is 3. The highest BCUT2D eigenvalue weighted by Crippen LogP contribution is 2.13. The molecule has 0 radical (unpaired) electrons. The standard InChI is InChI=1S/C7H7N5/c8-6-3-5(4-11-12-6)7-9-1-2-10-7/h1-4H,(H2,8,12)(H,9,10). The minimum Gasteiger partial charge on any atom is -0.382 e. The summed E-state index contributed by atoms with van der Waals surface area (Å²) >= 11 is 0. The first-order valence-electron chi connectivity index (χ1n) is 3.44. The van der Waals surface area contributed by atoms with Crippen LogP contribution in [0.5, 0.6) is 0 Å². The maximum absolute atomic E-state index is 5.45. The summed E-state index contributed by atoms with van der Waals surface area (Å²) in [4.78, 5) is 6.99. The normalized spacial score (nSPS) is 10.0. The maximum Gasteiger partial charge on any atom is 0.146 e. The minimum absolute atomic E-state index is 0.393. The van der Waals surface area contributed by atoms with Crippen molar-refractivity contribution in [3.05, 3.63) is 24.7 Å². The monoisotopic (exact) mass is 161 g/mol. The molecular formula is C7H7N5. The van der Waals surface area contributed by atoms with Crippen molar-refractivity contribution < 1.29 is 0 Å². The Morgan fingerprint density at radius 3 is 3.00 bits per heavy atom. The third-order valence-electron chi connectivity index (χ3n) is 1.45. The van der Waals surface area contributed by atoms with Gasteiger partial charge in [0.25, 0.3) is 0 Å². The molecule has 0 fully saturated rings. The lowest BCUT2D eigenvalue weighted by molar-refractivity contribution is 1.04. The summed E-state index contributed by atoms with van der Waals surface area (Å²) in [7, 11) is 0. The molecule has 2 aromatic heterocycles. The second kappa shape index (κ2) is 2.61. The summed E-state index contributed by atoms with van der Waals surface area (Å²) in [6, 6.07) is 1.71. The molecule has 0 aromatic carbocycles. The lowest BCUT2D eigenvalue weighted by Gasteiger charge is -1.95. The second-order valence-electron chi connectivity index (χ2n) is 2.31. The van der Waals surface area contributed by atoms with E-state index in [9.17, 15) is 0 Å². The molecule has 0 unspecified atom stereocenters. The van der Waals surface area contributed by atoms with Crippen LogP contribution in [-0.4, -0.2) is 20.2 Å². The van der Waals surface area contributed by atoms with Crippen LogP contribution in [0.15, 0.2) is 24.7 Å². The van der Waals surface area contributed by atoms with E-state index in [1.165, 1.54) is 0 Å². The Morgan fingerprint density at radius 2 is 2.33 bits per heavy atom. The van der Waals surface area contributed by atoms with Crippen LogP contribution in [0.4, 0.5) is 5.82 Å². The molecule has 12 heavy (non-hydrogen) atoms. The molecular weight excluding hydrogens is 154 g/mol. The summed E-state index contributed by atoms with van der Waals surface area (Å²) in [5.41, 5.74) is 6.29. The molecule has 0 spiro atoms. The van der Waals surface area contributed by atoms with Crippen molar-refractivity contribution in [1.82, 2.24) is 20.2 Å². The van der Waals surface area contributed by atoms with Crippen molar-refractivity contribution in [3.63, 3.8) is 0 Å². The van der Waals surface area contributed by atoms with Gasteiger partial charge in [-0.05, 0) is 6.07 Å². The zero-order chi connectivity index (χ0) is 8.39. The highest BCUT2D eigenvalue weighted by Gasteiger charge is 1.99. The molecule has 0 bridgehead atoms. The van der Waals surface area contributed by atoms with Crippen molar-refractivity contribution in [2.75, 3.05) is 5.73 Å². The summed E-state index contributed by atoms with van der Waals surface area (Å²) < 4.78 is 0. The molecule has 2 aromatic rings. The zero-order valence-electron chi connectivity index (χ0n) is 6.23. The zero-order valence-corrected chi connectivity index (χ0v) is 6.23. The van der Waals surface area contributed by atoms with Gasteiger partial charge in [-0.3, -0.25) is 0 Å². The number of nitrogens with one attached hydrogen (secondary N) is 1. The predicted molar refractivity (Wildman–Crippen MR) is 44.0 cm³/mol. The lowest BCUT2D eigenvalue weighted by Crippen LogP contribution is -1.93. The minimum atomic E-state index is 0.393. The first kappa shape index (κ1) is 6.78. The third-order valence-corrected chi connectivity index (χ3v) is 1.45. The molecule has 0 saturated carbocycles. The van der Waals surface area contributed by atoms with Gasteiger partial charge in [-0.25, -0.2) is 4.98 Å². The fourth-order valence-electron chi connectivity index (χ4n) is 0.936. The van der Waals surface area contributed by atoms with Gasteiger partial charge in [0, 0.05) is 18.0 Å². The van der Waals surface area contributed by atoms with Gasteiger partial charge in [0.15, 0.2) is 0 Å². The Balaban J connectivity index is 2.48. The molecule has 0 saturated heterocycles. The van der Waals surface area contributed by atoms with Gasteiger partial charge >= 0.3 is 0 Å². The highest BCUT2D eigenvalue weighted by molar-refractivity contribution is 5.56. The van der Waals surface area contributed by atoms with Crippen LogP contribution in [-0.2, 0) is 0 Å². The molecule has 5 nitrogen and oxygen atoms in total. The molecule has 0 amide bonds. The number of anilines is 1. The largest absolute Gasteiger partial charge is 0.382 e. The van der Waals surface area contributed by atoms with Crippen LogP contribution >= 0.6 is 0 Å². The van der Waals surface area contributed by atoms with Crippen LogP contribution in [0.1, 0.15) is 0 Å². The second-order valence-corrected chi connectivity index (χ2v) is 2.31. The van der Waals surface area contributed by atoms with Gasteiger partial charge < -0.3 is 10.7 Å². The molecule has 0 aliphatic rings. The van der Waals surface area contributed by atoms with E-state index < -0.39 is 0 Å². The lowest BCUT2D eigenvalue weighted by atomic mass is 10.3. The maximum atomic E-state index is 5.45. The molecule has 2 heterocycles. The number of imidazole rings is 1. The van der Waals surface area contributed by atoms with Crippen LogP contribution in [0.3, 0.4) is 0 Å². The Bertz CT molecular complexity index is 367. The average molecular weight is 161 g/mol. The highest BCUT2D eigenvalue weighted by atomic mass is 15.1. The van der Waals surface area contributed by atoms with E-state index in [1.54, 1.807) is 24.7 Å². The number of nitrogen functional groups attached to an aromatic ring is 1. The molecule has 5 heteroatoms. The van der Waals surface area contributed by atoms with Crippen LogP contribution in [0.2, 0.25) is 0 Å². The molecule has 3 N–H and O–H groups in total. The van der Waals surface area contributed by atoms with E-state index in [0.717, 1.165) is 11.4 Å². The van der Waals surface area contributed by atoms with Crippen molar-refractivity contribution in [1.29, 1.82) is 0 Å². The van der Waals surface area contributed by atoms with Gasteiger partial charge in [0.1, 0.15) is 11.6 Å². The van der Waals surface area contributed by atoms with E-state index in [2.05, 4.69) is 20.2 Å². The molecule has 0 aliphatic heterocycles. The predicted octanol–water partition coefficient (Wildman–Crippen LogP) is 0.449. The SMILES string of the molecule is Nc1cc(-c2ncc[nH]2)cnn1. The van der Waals surface area contributed by atoms with Crippen LogP contribution < -0.4 is 5.73 Å². The Kier molecular flexibility index (Phi) is 1.48. The number of hydrogen-bond donors (Lipinski definition) is 2. The average Bonchev–Trinajstić information content (AvgIpc) is 2.56.